The van der Waals surface area contributed by atoms with E-state index in [0.717, 1.165) is 5.56 Å². The van der Waals surface area contributed by atoms with Gasteiger partial charge in [0.25, 0.3) is 0 Å². The molecule has 23 heavy (non-hydrogen) atoms. The number of amides is 1. The van der Waals surface area contributed by atoms with Crippen molar-refractivity contribution in [1.29, 1.82) is 0 Å². The average molecular weight is 324 g/mol. The van der Waals surface area contributed by atoms with Crippen LogP contribution in [0.1, 0.15) is 26.3 Å². The number of nitrogens with zero attached hydrogens (tertiary/aromatic N) is 1. The molecule has 0 radical (unpaired) electrons. The van der Waals surface area contributed by atoms with Gasteiger partial charge in [-0.15, -0.1) is 0 Å². The van der Waals surface area contributed by atoms with Crippen molar-refractivity contribution in [3.63, 3.8) is 0 Å². The van der Waals surface area contributed by atoms with Crippen molar-refractivity contribution in [1.82, 2.24) is 10.2 Å². The zero-order chi connectivity index (χ0) is 17.0. The van der Waals surface area contributed by atoms with Crippen LogP contribution in [0.5, 0.6) is 0 Å². The Morgan fingerprint density at radius 1 is 1.30 bits per heavy atom. The first-order chi connectivity index (χ1) is 10.8. The first kappa shape index (κ1) is 17.7. The van der Waals surface area contributed by atoms with E-state index in [2.05, 4.69) is 5.32 Å². The summed E-state index contributed by atoms with van der Waals surface area (Å²) in [6.07, 6.45) is -0.423. The molecule has 1 unspecified atom stereocenters. The number of carbonyl (C=O) groups excluding carboxylic acids is 1. The molecule has 0 bridgehead atoms. The van der Waals surface area contributed by atoms with Gasteiger partial charge in [0, 0.05) is 20.2 Å². The van der Waals surface area contributed by atoms with Gasteiger partial charge >= 0.3 is 6.09 Å². The molecule has 1 aromatic rings. The lowest BCUT2D eigenvalue weighted by Gasteiger charge is -2.24. The van der Waals surface area contributed by atoms with Crippen molar-refractivity contribution in [3.05, 3.63) is 35.6 Å². The molecular weight excluding hydrogens is 299 g/mol. The molecule has 1 amide bonds. The molecule has 2 atom stereocenters. The van der Waals surface area contributed by atoms with Gasteiger partial charge in [-0.1, -0.05) is 12.1 Å². The summed E-state index contributed by atoms with van der Waals surface area (Å²) in [4.78, 5) is 13.8. The molecule has 2 rings (SSSR count). The zero-order valence-electron chi connectivity index (χ0n) is 14.1. The third-order valence-electron chi connectivity index (χ3n) is 3.70. The molecule has 5 nitrogen and oxygen atoms in total. The number of halogens is 1. The van der Waals surface area contributed by atoms with E-state index in [-0.39, 0.29) is 24.1 Å². The van der Waals surface area contributed by atoms with Crippen LogP contribution in [-0.2, 0) is 16.0 Å². The molecule has 0 aliphatic carbocycles. The SMILES string of the molecule is CO[C@H]1CN(C(=O)OC(C)(C)C)CC1NCc1ccc(F)cc1. The second-order valence-corrected chi connectivity index (χ2v) is 6.77. The Hall–Kier alpha value is -1.66. The largest absolute Gasteiger partial charge is 0.444 e. The van der Waals surface area contributed by atoms with E-state index in [9.17, 15) is 9.18 Å². The van der Waals surface area contributed by atoms with Gasteiger partial charge in [0.15, 0.2) is 0 Å². The van der Waals surface area contributed by atoms with Gasteiger partial charge in [0.05, 0.1) is 18.7 Å². The summed E-state index contributed by atoms with van der Waals surface area (Å²) >= 11 is 0. The number of methoxy groups -OCH3 is 1. The van der Waals surface area contributed by atoms with Gasteiger partial charge in [-0.2, -0.15) is 0 Å². The lowest BCUT2D eigenvalue weighted by Crippen LogP contribution is -2.40. The van der Waals surface area contributed by atoms with Crippen LogP contribution in [0.2, 0.25) is 0 Å². The highest BCUT2D eigenvalue weighted by molar-refractivity contribution is 5.68. The molecule has 0 spiro atoms. The van der Waals surface area contributed by atoms with Gasteiger partial charge in [-0.25, -0.2) is 9.18 Å². The van der Waals surface area contributed by atoms with E-state index < -0.39 is 5.60 Å². The van der Waals surface area contributed by atoms with Crippen LogP contribution >= 0.6 is 0 Å². The highest BCUT2D eigenvalue weighted by Gasteiger charge is 2.37. The predicted octanol–water partition coefficient (Wildman–Crippen LogP) is 2.55. The fourth-order valence-corrected chi connectivity index (χ4v) is 2.54. The number of hydrogen-bond donors (Lipinski definition) is 1. The number of likely N-dealkylation sites (tertiary alicyclic amines) is 1. The molecule has 1 saturated heterocycles. The first-order valence-corrected chi connectivity index (χ1v) is 7.77. The van der Waals surface area contributed by atoms with Gasteiger partial charge < -0.3 is 19.7 Å². The normalized spacial score (nSPS) is 21.5. The van der Waals surface area contributed by atoms with Gasteiger partial charge in [0.1, 0.15) is 11.4 Å². The van der Waals surface area contributed by atoms with Crippen LogP contribution in [-0.4, -0.2) is 48.9 Å². The summed E-state index contributed by atoms with van der Waals surface area (Å²) in [5.74, 6) is -0.250. The number of benzene rings is 1. The maximum atomic E-state index is 12.9. The number of nitrogens with one attached hydrogen (secondary N) is 1. The molecule has 1 aromatic carbocycles. The second kappa shape index (κ2) is 7.27. The summed E-state index contributed by atoms with van der Waals surface area (Å²) in [6, 6.07) is 6.37. The quantitative estimate of drug-likeness (QED) is 0.925. The van der Waals surface area contributed by atoms with E-state index >= 15 is 0 Å². The van der Waals surface area contributed by atoms with Crippen molar-refractivity contribution >= 4 is 6.09 Å². The molecule has 1 N–H and O–H groups in total. The average Bonchev–Trinajstić information content (AvgIpc) is 2.88. The third kappa shape index (κ3) is 5.18. The van der Waals surface area contributed by atoms with Crippen molar-refractivity contribution in [2.45, 2.75) is 45.1 Å². The van der Waals surface area contributed by atoms with Crippen LogP contribution in [0.15, 0.2) is 24.3 Å². The van der Waals surface area contributed by atoms with E-state index in [1.54, 1.807) is 24.1 Å². The Morgan fingerprint density at radius 3 is 2.52 bits per heavy atom. The summed E-state index contributed by atoms with van der Waals surface area (Å²) in [6.45, 7) is 7.14. The Kier molecular flexibility index (Phi) is 5.59. The summed E-state index contributed by atoms with van der Waals surface area (Å²) < 4.78 is 23.8. The molecule has 128 valence electrons. The van der Waals surface area contributed by atoms with E-state index in [1.807, 2.05) is 20.8 Å². The van der Waals surface area contributed by atoms with Crippen molar-refractivity contribution in [2.24, 2.45) is 0 Å². The van der Waals surface area contributed by atoms with Crippen molar-refractivity contribution < 1.29 is 18.7 Å². The summed E-state index contributed by atoms with van der Waals surface area (Å²) in [5, 5.41) is 3.37. The molecule has 6 heteroatoms. The number of ether oxygens (including phenoxy) is 2. The fourth-order valence-electron chi connectivity index (χ4n) is 2.54. The zero-order valence-corrected chi connectivity index (χ0v) is 14.1. The maximum Gasteiger partial charge on any atom is 0.410 e. The van der Waals surface area contributed by atoms with Crippen LogP contribution in [0.3, 0.4) is 0 Å². The standard InChI is InChI=1S/C17H25FN2O3/c1-17(2,3)23-16(21)20-10-14(15(11-20)22-4)19-9-12-5-7-13(18)8-6-12/h5-8,14-15,19H,9-11H2,1-4H3/t14?,15-/m0/s1. The van der Waals surface area contributed by atoms with Gasteiger partial charge in [-0.05, 0) is 38.5 Å². The van der Waals surface area contributed by atoms with E-state index in [4.69, 9.17) is 9.47 Å². The Morgan fingerprint density at radius 2 is 1.96 bits per heavy atom. The minimum absolute atomic E-state index is 0.0116. The lowest BCUT2D eigenvalue weighted by molar-refractivity contribution is 0.0252. The molecular formula is C17H25FN2O3. The molecule has 1 aliphatic heterocycles. The molecule has 0 saturated carbocycles. The smallest absolute Gasteiger partial charge is 0.410 e. The van der Waals surface area contributed by atoms with Crippen molar-refractivity contribution in [2.75, 3.05) is 20.2 Å². The number of hydrogen-bond acceptors (Lipinski definition) is 4. The highest BCUT2D eigenvalue weighted by Crippen LogP contribution is 2.18. The van der Waals surface area contributed by atoms with Gasteiger partial charge in [0.2, 0.25) is 0 Å². The molecule has 0 aromatic heterocycles. The van der Waals surface area contributed by atoms with Crippen molar-refractivity contribution in [3.8, 4) is 0 Å². The predicted molar refractivity (Wildman–Crippen MR) is 85.6 cm³/mol. The van der Waals surface area contributed by atoms with E-state index in [1.165, 1.54) is 12.1 Å². The molecule has 1 heterocycles. The second-order valence-electron chi connectivity index (χ2n) is 6.77. The topological polar surface area (TPSA) is 50.8 Å². The third-order valence-corrected chi connectivity index (χ3v) is 3.70. The molecule has 1 fully saturated rings. The minimum atomic E-state index is -0.515. The lowest BCUT2D eigenvalue weighted by atomic mass is 10.1. The maximum absolute atomic E-state index is 12.9. The number of rotatable bonds is 4. The fraction of sp³-hybridized carbons (Fsp3) is 0.588. The highest BCUT2D eigenvalue weighted by atomic mass is 19.1. The summed E-state index contributed by atoms with van der Waals surface area (Å²) in [7, 11) is 1.63. The van der Waals surface area contributed by atoms with Crippen LogP contribution < -0.4 is 5.32 Å². The van der Waals surface area contributed by atoms with Gasteiger partial charge in [-0.3, -0.25) is 0 Å². The number of carbonyl (C=O) groups is 1. The summed E-state index contributed by atoms with van der Waals surface area (Å²) in [5.41, 5.74) is 0.469. The van der Waals surface area contributed by atoms with Crippen LogP contribution in [0.4, 0.5) is 9.18 Å². The van der Waals surface area contributed by atoms with Crippen LogP contribution in [0.25, 0.3) is 0 Å². The minimum Gasteiger partial charge on any atom is -0.444 e. The molecule has 1 aliphatic rings. The van der Waals surface area contributed by atoms with Crippen LogP contribution in [0, 0.1) is 5.82 Å². The Balaban J connectivity index is 1.91. The Labute approximate surface area is 136 Å². The Bertz CT molecular complexity index is 528. The monoisotopic (exact) mass is 324 g/mol. The van der Waals surface area contributed by atoms with E-state index in [0.29, 0.717) is 19.6 Å². The first-order valence-electron chi connectivity index (χ1n) is 7.77.